The summed E-state index contributed by atoms with van der Waals surface area (Å²) in [7, 11) is 0. The number of carbonyl (C=O) groups is 2. The minimum absolute atomic E-state index is 0.0267. The van der Waals surface area contributed by atoms with Gasteiger partial charge < -0.3 is 25.2 Å². The molecule has 7 nitrogen and oxygen atoms in total. The van der Waals surface area contributed by atoms with Gasteiger partial charge in [0.05, 0.1) is 12.0 Å². The summed E-state index contributed by atoms with van der Waals surface area (Å²) < 4.78 is 10.7. The largest absolute Gasteiger partial charge is 0.481 e. The number of piperidine rings is 1. The van der Waals surface area contributed by atoms with E-state index in [4.69, 9.17) is 14.6 Å². The second-order valence-electron chi connectivity index (χ2n) is 5.32. The van der Waals surface area contributed by atoms with E-state index < -0.39 is 11.9 Å². The van der Waals surface area contributed by atoms with Gasteiger partial charge in [-0.05, 0) is 19.3 Å². The van der Waals surface area contributed by atoms with Crippen LogP contribution in [0.3, 0.4) is 0 Å². The fraction of sp³-hybridized carbons (Fsp3) is 0.846. The number of carboxylic acid groups (broad SMARTS) is 1. The Kier molecular flexibility index (Phi) is 5.75. The van der Waals surface area contributed by atoms with Gasteiger partial charge in [-0.25, -0.2) is 0 Å². The first kappa shape index (κ1) is 15.2. The summed E-state index contributed by atoms with van der Waals surface area (Å²) in [5.74, 6) is -1.45. The monoisotopic (exact) mass is 286 g/mol. The quantitative estimate of drug-likeness (QED) is 0.622. The molecular weight excluding hydrogens is 264 g/mol. The molecule has 2 heterocycles. The third-order valence-corrected chi connectivity index (χ3v) is 3.68. The molecule has 0 bridgehead atoms. The topological polar surface area (TPSA) is 96.9 Å². The van der Waals surface area contributed by atoms with E-state index in [1.807, 2.05) is 0 Å². The number of rotatable bonds is 5. The lowest BCUT2D eigenvalue weighted by atomic mass is 9.96. The standard InChI is InChI=1S/C13H22N2O5/c16-12(8-20-11-1-3-19-4-2-11)15-10-5-9(13(17)18)6-14-7-10/h9-11,14H,1-8H2,(H,15,16)(H,17,18)/t9-,10+/m1/s1. The number of hydrogen-bond acceptors (Lipinski definition) is 5. The molecule has 0 saturated carbocycles. The molecule has 0 radical (unpaired) electrons. The molecule has 2 aliphatic rings. The van der Waals surface area contributed by atoms with Crippen molar-refractivity contribution in [3.63, 3.8) is 0 Å². The zero-order valence-corrected chi connectivity index (χ0v) is 11.5. The number of hydrogen-bond donors (Lipinski definition) is 3. The molecule has 0 aromatic carbocycles. The Hall–Kier alpha value is -1.18. The maximum absolute atomic E-state index is 11.8. The molecule has 20 heavy (non-hydrogen) atoms. The molecule has 2 atom stereocenters. The average molecular weight is 286 g/mol. The van der Waals surface area contributed by atoms with Crippen LogP contribution in [-0.2, 0) is 19.1 Å². The number of carboxylic acids is 1. The molecule has 1 amide bonds. The third-order valence-electron chi connectivity index (χ3n) is 3.68. The normalized spacial score (nSPS) is 28.0. The Balaban J connectivity index is 1.66. The van der Waals surface area contributed by atoms with E-state index in [1.54, 1.807) is 0 Å². The first-order chi connectivity index (χ1) is 9.65. The lowest BCUT2D eigenvalue weighted by Crippen LogP contribution is -2.51. The molecule has 3 N–H and O–H groups in total. The SMILES string of the molecule is O=C(COC1CCOCC1)N[C@@H]1CNC[C@H](C(=O)O)C1. The van der Waals surface area contributed by atoms with E-state index in [0.29, 0.717) is 32.7 Å². The predicted octanol–water partition coefficient (Wildman–Crippen LogP) is -0.639. The fourth-order valence-corrected chi connectivity index (χ4v) is 2.55. The first-order valence-electron chi connectivity index (χ1n) is 7.07. The van der Waals surface area contributed by atoms with Gasteiger partial charge in [0, 0.05) is 32.3 Å². The van der Waals surface area contributed by atoms with Crippen LogP contribution in [0.4, 0.5) is 0 Å². The van der Waals surface area contributed by atoms with Gasteiger partial charge in [0.1, 0.15) is 6.61 Å². The fourth-order valence-electron chi connectivity index (χ4n) is 2.55. The number of ether oxygens (including phenoxy) is 2. The van der Waals surface area contributed by atoms with Gasteiger partial charge in [-0.2, -0.15) is 0 Å². The zero-order valence-electron chi connectivity index (χ0n) is 11.5. The lowest BCUT2D eigenvalue weighted by Gasteiger charge is -2.28. The van der Waals surface area contributed by atoms with Crippen LogP contribution >= 0.6 is 0 Å². The highest BCUT2D eigenvalue weighted by Crippen LogP contribution is 2.12. The van der Waals surface area contributed by atoms with Gasteiger partial charge in [-0.3, -0.25) is 9.59 Å². The van der Waals surface area contributed by atoms with Crippen LogP contribution in [0, 0.1) is 5.92 Å². The van der Waals surface area contributed by atoms with Crippen molar-refractivity contribution in [2.75, 3.05) is 32.9 Å². The molecule has 2 rings (SSSR count). The minimum Gasteiger partial charge on any atom is -0.481 e. The van der Waals surface area contributed by atoms with Crippen molar-refractivity contribution < 1.29 is 24.2 Å². The summed E-state index contributed by atoms with van der Waals surface area (Å²) in [6.45, 7) is 2.45. The van der Waals surface area contributed by atoms with E-state index in [2.05, 4.69) is 10.6 Å². The second-order valence-corrected chi connectivity index (χ2v) is 5.32. The molecule has 2 fully saturated rings. The van der Waals surface area contributed by atoms with E-state index in [0.717, 1.165) is 12.8 Å². The van der Waals surface area contributed by atoms with Gasteiger partial charge in [-0.15, -0.1) is 0 Å². The van der Waals surface area contributed by atoms with Crippen LogP contribution in [-0.4, -0.2) is 62.0 Å². The molecule has 2 aliphatic heterocycles. The summed E-state index contributed by atoms with van der Waals surface area (Å²) >= 11 is 0. The third kappa shape index (κ3) is 4.73. The second kappa shape index (κ2) is 7.56. The van der Waals surface area contributed by atoms with E-state index in [-0.39, 0.29) is 24.7 Å². The maximum Gasteiger partial charge on any atom is 0.307 e. The summed E-state index contributed by atoms with van der Waals surface area (Å²) in [5.41, 5.74) is 0. The molecule has 0 aromatic heterocycles. The highest BCUT2D eigenvalue weighted by atomic mass is 16.5. The van der Waals surface area contributed by atoms with Crippen molar-refractivity contribution in [3.8, 4) is 0 Å². The Morgan fingerprint density at radius 2 is 2.05 bits per heavy atom. The summed E-state index contributed by atoms with van der Waals surface area (Å²) in [4.78, 5) is 22.7. The summed E-state index contributed by atoms with van der Waals surface area (Å²) in [6, 6.07) is -0.143. The highest BCUT2D eigenvalue weighted by molar-refractivity contribution is 5.77. The maximum atomic E-state index is 11.8. The van der Waals surface area contributed by atoms with E-state index in [1.165, 1.54) is 0 Å². The zero-order chi connectivity index (χ0) is 14.4. The molecule has 0 spiro atoms. The molecular formula is C13H22N2O5. The van der Waals surface area contributed by atoms with Crippen molar-refractivity contribution in [1.29, 1.82) is 0 Å². The molecule has 114 valence electrons. The van der Waals surface area contributed by atoms with Crippen molar-refractivity contribution >= 4 is 11.9 Å². The van der Waals surface area contributed by atoms with Gasteiger partial charge >= 0.3 is 5.97 Å². The van der Waals surface area contributed by atoms with Crippen molar-refractivity contribution in [3.05, 3.63) is 0 Å². The van der Waals surface area contributed by atoms with Crippen LogP contribution in [0.5, 0.6) is 0 Å². The molecule has 2 saturated heterocycles. The molecule has 0 aromatic rings. The Morgan fingerprint density at radius 1 is 1.30 bits per heavy atom. The highest BCUT2D eigenvalue weighted by Gasteiger charge is 2.27. The average Bonchev–Trinajstić information content (AvgIpc) is 2.46. The van der Waals surface area contributed by atoms with Gasteiger partial charge in [0.2, 0.25) is 5.91 Å². The predicted molar refractivity (Wildman–Crippen MR) is 70.3 cm³/mol. The van der Waals surface area contributed by atoms with Gasteiger partial charge in [0.25, 0.3) is 0 Å². The Morgan fingerprint density at radius 3 is 2.75 bits per heavy atom. The first-order valence-corrected chi connectivity index (χ1v) is 7.07. The number of carbonyl (C=O) groups excluding carboxylic acids is 1. The smallest absolute Gasteiger partial charge is 0.307 e. The van der Waals surface area contributed by atoms with Crippen LogP contribution in [0.15, 0.2) is 0 Å². The Labute approximate surface area is 118 Å². The minimum atomic E-state index is -0.824. The van der Waals surface area contributed by atoms with Crippen LogP contribution in [0.2, 0.25) is 0 Å². The van der Waals surface area contributed by atoms with Crippen LogP contribution in [0.25, 0.3) is 0 Å². The molecule has 0 unspecified atom stereocenters. The van der Waals surface area contributed by atoms with E-state index in [9.17, 15) is 9.59 Å². The lowest BCUT2D eigenvalue weighted by molar-refractivity contribution is -0.143. The van der Waals surface area contributed by atoms with Crippen molar-refractivity contribution in [2.24, 2.45) is 5.92 Å². The number of aliphatic carboxylic acids is 1. The van der Waals surface area contributed by atoms with Gasteiger partial charge in [0.15, 0.2) is 0 Å². The van der Waals surface area contributed by atoms with E-state index >= 15 is 0 Å². The number of amides is 1. The molecule has 0 aliphatic carbocycles. The van der Waals surface area contributed by atoms with Crippen LogP contribution < -0.4 is 10.6 Å². The van der Waals surface area contributed by atoms with Crippen molar-refractivity contribution in [1.82, 2.24) is 10.6 Å². The van der Waals surface area contributed by atoms with Gasteiger partial charge in [-0.1, -0.05) is 0 Å². The van der Waals surface area contributed by atoms with Crippen LogP contribution in [0.1, 0.15) is 19.3 Å². The van der Waals surface area contributed by atoms with Crippen molar-refractivity contribution in [2.45, 2.75) is 31.4 Å². The molecule has 7 heteroatoms. The number of nitrogens with one attached hydrogen (secondary N) is 2. The summed E-state index contributed by atoms with van der Waals surface area (Å²) in [6.07, 6.45) is 2.19. The Bertz CT molecular complexity index is 344. The summed E-state index contributed by atoms with van der Waals surface area (Å²) in [5, 5.41) is 14.8.